The van der Waals surface area contributed by atoms with Gasteiger partial charge >= 0.3 is 0 Å². The molecule has 0 amide bonds. The summed E-state index contributed by atoms with van der Waals surface area (Å²) in [7, 11) is 0. The molecule has 0 aliphatic heterocycles. The lowest BCUT2D eigenvalue weighted by atomic mass is 9.91. The molecule has 0 saturated heterocycles. The fourth-order valence-corrected chi connectivity index (χ4v) is 2.56. The molecule has 1 aromatic rings. The van der Waals surface area contributed by atoms with Gasteiger partial charge in [0.15, 0.2) is 0 Å². The van der Waals surface area contributed by atoms with Gasteiger partial charge in [-0.05, 0) is 50.2 Å². The Kier molecular flexibility index (Phi) is 3.93. The summed E-state index contributed by atoms with van der Waals surface area (Å²) in [6.45, 7) is 9.00. The summed E-state index contributed by atoms with van der Waals surface area (Å²) < 4.78 is 5.46. The molecule has 0 saturated carbocycles. The molecule has 1 atom stereocenters. The van der Waals surface area contributed by atoms with Gasteiger partial charge in [0.05, 0.1) is 12.3 Å². The Bertz CT molecular complexity index is 392. The first-order chi connectivity index (χ1) is 8.20. The number of fused-ring (bicyclic) bond motifs is 1. The van der Waals surface area contributed by atoms with Crippen molar-refractivity contribution in [2.24, 2.45) is 5.92 Å². The fraction of sp³-hybridized carbons (Fsp3) is 0.600. The zero-order valence-electron chi connectivity index (χ0n) is 11.0. The van der Waals surface area contributed by atoms with Gasteiger partial charge in [-0.2, -0.15) is 0 Å². The molecular weight excluding hydrogens is 210 g/mol. The third-order valence-electron chi connectivity index (χ3n) is 3.64. The molecule has 1 aliphatic carbocycles. The van der Waals surface area contributed by atoms with Gasteiger partial charge in [0.1, 0.15) is 5.76 Å². The highest BCUT2D eigenvalue weighted by Crippen LogP contribution is 2.26. The summed E-state index contributed by atoms with van der Waals surface area (Å²) >= 11 is 0. The van der Waals surface area contributed by atoms with E-state index in [0.717, 1.165) is 17.4 Å². The number of aromatic amines is 1. The quantitative estimate of drug-likeness (QED) is 0.786. The van der Waals surface area contributed by atoms with Crippen LogP contribution in [-0.2, 0) is 17.6 Å². The van der Waals surface area contributed by atoms with E-state index in [2.05, 4.69) is 24.6 Å². The van der Waals surface area contributed by atoms with Crippen LogP contribution in [0.25, 0.3) is 5.76 Å². The van der Waals surface area contributed by atoms with E-state index in [9.17, 15) is 0 Å². The highest BCUT2D eigenvalue weighted by molar-refractivity contribution is 5.56. The molecule has 2 nitrogen and oxygen atoms in total. The highest BCUT2D eigenvalue weighted by atomic mass is 16.5. The average molecular weight is 233 g/mol. The van der Waals surface area contributed by atoms with E-state index in [-0.39, 0.29) is 0 Å². The molecule has 0 spiro atoms. The molecule has 1 unspecified atom stereocenters. The molecule has 0 fully saturated rings. The van der Waals surface area contributed by atoms with Crippen molar-refractivity contribution < 1.29 is 4.74 Å². The molecular formula is C15H23NO. The van der Waals surface area contributed by atoms with Gasteiger partial charge in [-0.1, -0.05) is 19.9 Å². The minimum absolute atomic E-state index is 0.680. The maximum absolute atomic E-state index is 5.46. The molecule has 2 heteroatoms. The van der Waals surface area contributed by atoms with Crippen LogP contribution in [0.2, 0.25) is 0 Å². The summed E-state index contributed by atoms with van der Waals surface area (Å²) in [4.78, 5) is 3.48. The number of aryl methyl sites for hydroxylation is 2. The number of ether oxygens (including phenoxy) is 1. The van der Waals surface area contributed by atoms with E-state index in [4.69, 9.17) is 4.74 Å². The van der Waals surface area contributed by atoms with Gasteiger partial charge in [-0.25, -0.2) is 0 Å². The SMILES string of the molecule is C=C(OCC)c1cc2c([nH]1)CCCC(C)CC2. The van der Waals surface area contributed by atoms with Crippen LogP contribution in [0, 0.1) is 5.92 Å². The van der Waals surface area contributed by atoms with Crippen LogP contribution in [0.5, 0.6) is 0 Å². The molecule has 0 aromatic carbocycles. The monoisotopic (exact) mass is 233 g/mol. The Morgan fingerprint density at radius 1 is 1.47 bits per heavy atom. The second kappa shape index (κ2) is 5.44. The van der Waals surface area contributed by atoms with Gasteiger partial charge in [0.2, 0.25) is 0 Å². The number of nitrogens with one attached hydrogen (secondary N) is 1. The normalized spacial score (nSPS) is 20.2. The van der Waals surface area contributed by atoms with Crippen molar-refractivity contribution in [3.63, 3.8) is 0 Å². The van der Waals surface area contributed by atoms with E-state index in [1.54, 1.807) is 0 Å². The van der Waals surface area contributed by atoms with Gasteiger partial charge in [-0.3, -0.25) is 0 Å². The molecule has 94 valence electrons. The Morgan fingerprint density at radius 3 is 3.06 bits per heavy atom. The summed E-state index contributed by atoms with van der Waals surface area (Å²) in [5.41, 5.74) is 3.92. The Balaban J connectivity index is 2.16. The van der Waals surface area contributed by atoms with Crippen molar-refractivity contribution in [2.45, 2.75) is 46.0 Å². The predicted molar refractivity (Wildman–Crippen MR) is 71.9 cm³/mol. The largest absolute Gasteiger partial charge is 0.492 e. The standard InChI is InChI=1S/C15H23NO/c1-4-17-12(3)15-10-13-9-8-11(2)6-5-7-14(13)16-15/h10-11,16H,3-9H2,1-2H3. The molecule has 17 heavy (non-hydrogen) atoms. The first-order valence-corrected chi connectivity index (χ1v) is 6.73. The van der Waals surface area contributed by atoms with Gasteiger partial charge in [0, 0.05) is 5.69 Å². The Hall–Kier alpha value is -1.18. The number of H-pyrrole nitrogens is 1. The van der Waals surface area contributed by atoms with E-state index in [0.29, 0.717) is 6.61 Å². The van der Waals surface area contributed by atoms with Crippen molar-refractivity contribution in [3.8, 4) is 0 Å². The molecule has 1 heterocycles. The van der Waals surface area contributed by atoms with Crippen LogP contribution < -0.4 is 0 Å². The first-order valence-electron chi connectivity index (χ1n) is 6.73. The third kappa shape index (κ3) is 2.93. The van der Waals surface area contributed by atoms with Crippen molar-refractivity contribution in [2.75, 3.05) is 6.61 Å². The maximum atomic E-state index is 5.46. The number of aromatic nitrogens is 1. The number of rotatable bonds is 3. The number of hydrogen-bond donors (Lipinski definition) is 1. The number of hydrogen-bond acceptors (Lipinski definition) is 1. The minimum atomic E-state index is 0.680. The van der Waals surface area contributed by atoms with Gasteiger partial charge in [0.25, 0.3) is 0 Å². The van der Waals surface area contributed by atoms with Crippen LogP contribution >= 0.6 is 0 Å². The first kappa shape index (κ1) is 12.3. The predicted octanol–water partition coefficient (Wildman–Crippen LogP) is 3.93. The topological polar surface area (TPSA) is 25.0 Å². The Labute approximate surface area is 104 Å². The lowest BCUT2D eigenvalue weighted by Gasteiger charge is -2.15. The minimum Gasteiger partial charge on any atom is -0.492 e. The summed E-state index contributed by atoms with van der Waals surface area (Å²) in [6.07, 6.45) is 6.28. The summed E-state index contributed by atoms with van der Waals surface area (Å²) in [5, 5.41) is 0. The zero-order chi connectivity index (χ0) is 12.3. The average Bonchev–Trinajstić information content (AvgIpc) is 2.67. The van der Waals surface area contributed by atoms with E-state index in [1.807, 2.05) is 6.92 Å². The van der Waals surface area contributed by atoms with E-state index < -0.39 is 0 Å². The molecule has 1 aromatic heterocycles. The van der Waals surface area contributed by atoms with Gasteiger partial charge < -0.3 is 9.72 Å². The fourth-order valence-electron chi connectivity index (χ4n) is 2.56. The second-order valence-corrected chi connectivity index (χ2v) is 5.08. The molecule has 2 rings (SSSR count). The van der Waals surface area contributed by atoms with Crippen LogP contribution in [0.1, 0.15) is 50.1 Å². The zero-order valence-corrected chi connectivity index (χ0v) is 11.0. The summed E-state index contributed by atoms with van der Waals surface area (Å²) in [6, 6.07) is 2.23. The van der Waals surface area contributed by atoms with Crippen LogP contribution in [0.3, 0.4) is 0 Å². The Morgan fingerprint density at radius 2 is 2.29 bits per heavy atom. The lowest BCUT2D eigenvalue weighted by Crippen LogP contribution is -2.04. The maximum Gasteiger partial charge on any atom is 0.135 e. The highest BCUT2D eigenvalue weighted by Gasteiger charge is 2.15. The molecule has 0 radical (unpaired) electrons. The smallest absolute Gasteiger partial charge is 0.135 e. The summed E-state index contributed by atoms with van der Waals surface area (Å²) in [5.74, 6) is 1.63. The molecule has 1 aliphatic rings. The third-order valence-corrected chi connectivity index (χ3v) is 3.64. The van der Waals surface area contributed by atoms with Crippen molar-refractivity contribution >= 4 is 5.76 Å². The molecule has 1 N–H and O–H groups in total. The van der Waals surface area contributed by atoms with E-state index in [1.165, 1.54) is 43.4 Å². The van der Waals surface area contributed by atoms with Gasteiger partial charge in [-0.15, -0.1) is 0 Å². The van der Waals surface area contributed by atoms with Crippen molar-refractivity contribution in [3.05, 3.63) is 29.6 Å². The lowest BCUT2D eigenvalue weighted by molar-refractivity contribution is 0.298. The van der Waals surface area contributed by atoms with Crippen LogP contribution in [0.15, 0.2) is 12.6 Å². The second-order valence-electron chi connectivity index (χ2n) is 5.08. The van der Waals surface area contributed by atoms with Crippen LogP contribution in [0.4, 0.5) is 0 Å². The van der Waals surface area contributed by atoms with Crippen molar-refractivity contribution in [1.82, 2.24) is 4.98 Å². The van der Waals surface area contributed by atoms with E-state index >= 15 is 0 Å². The van der Waals surface area contributed by atoms with Crippen LogP contribution in [-0.4, -0.2) is 11.6 Å². The molecule has 0 bridgehead atoms. The van der Waals surface area contributed by atoms with Crippen molar-refractivity contribution in [1.29, 1.82) is 0 Å².